The number of rotatable bonds is 5. The molecule has 1 aromatic heterocycles. The summed E-state index contributed by atoms with van der Waals surface area (Å²) in [6.07, 6.45) is -4.62. The molecule has 0 fully saturated rings. The van der Waals surface area contributed by atoms with Crippen LogP contribution in [0, 0.1) is 0 Å². The Kier molecular flexibility index (Phi) is 6.69. The van der Waals surface area contributed by atoms with Crippen LogP contribution in [0.4, 0.5) is 19.1 Å². The molecule has 5 aromatic rings. The van der Waals surface area contributed by atoms with Gasteiger partial charge in [0.15, 0.2) is 0 Å². The molecule has 0 aliphatic rings. The number of phenols is 1. The van der Waals surface area contributed by atoms with E-state index in [9.17, 15) is 23.1 Å². The second-order valence-corrected chi connectivity index (χ2v) is 8.79. The third kappa shape index (κ3) is 5.01. The molecule has 0 radical (unpaired) electrons. The van der Waals surface area contributed by atoms with Gasteiger partial charge in [0, 0.05) is 27.1 Å². The average Bonchev–Trinajstić information content (AvgIpc) is 3.32. The summed E-state index contributed by atoms with van der Waals surface area (Å²) in [4.78, 5) is 18.7. The van der Waals surface area contributed by atoms with Crippen LogP contribution < -0.4 is 5.32 Å². The number of benzene rings is 4. The van der Waals surface area contributed by atoms with Crippen molar-refractivity contribution in [3.8, 4) is 39.6 Å². The molecule has 4 aromatic carbocycles. The van der Waals surface area contributed by atoms with Gasteiger partial charge in [-0.3, -0.25) is 10.1 Å². The van der Waals surface area contributed by atoms with Crippen LogP contribution in [0.15, 0.2) is 106 Å². The van der Waals surface area contributed by atoms with Crippen LogP contribution in [0.2, 0.25) is 0 Å². The minimum absolute atomic E-state index is 0.0711. The number of thiol groups is 1. The van der Waals surface area contributed by atoms with E-state index in [-0.39, 0.29) is 28.5 Å². The molecule has 38 heavy (non-hydrogen) atoms. The number of aromatic hydroxyl groups is 1. The number of nitrogens with zero attached hydrogens (tertiary/aromatic N) is 1. The van der Waals surface area contributed by atoms with Gasteiger partial charge in [-0.2, -0.15) is 13.2 Å². The van der Waals surface area contributed by atoms with Crippen molar-refractivity contribution >= 4 is 24.4 Å². The number of aromatic nitrogens is 1. The number of anilines is 1. The monoisotopic (exact) mass is 532 g/mol. The summed E-state index contributed by atoms with van der Waals surface area (Å²) in [7, 11) is 0. The van der Waals surface area contributed by atoms with E-state index in [0.29, 0.717) is 27.8 Å². The van der Waals surface area contributed by atoms with Crippen LogP contribution in [0.25, 0.3) is 33.8 Å². The van der Waals surface area contributed by atoms with E-state index in [1.54, 1.807) is 30.3 Å². The van der Waals surface area contributed by atoms with Gasteiger partial charge in [0.2, 0.25) is 11.8 Å². The first-order chi connectivity index (χ1) is 18.2. The zero-order chi connectivity index (χ0) is 26.9. The van der Waals surface area contributed by atoms with Gasteiger partial charge >= 0.3 is 6.18 Å². The highest BCUT2D eigenvalue weighted by atomic mass is 32.1. The predicted octanol–water partition coefficient (Wildman–Crippen LogP) is 7.94. The lowest BCUT2D eigenvalue weighted by molar-refractivity contribution is -0.137. The molecule has 0 saturated heterocycles. The highest BCUT2D eigenvalue weighted by Crippen LogP contribution is 2.39. The summed E-state index contributed by atoms with van der Waals surface area (Å²) >= 11 is 4.52. The largest absolute Gasteiger partial charge is 0.507 e. The zero-order valence-electron chi connectivity index (χ0n) is 19.5. The zero-order valence-corrected chi connectivity index (χ0v) is 20.4. The molecule has 1 amide bonds. The fraction of sp³-hybridized carbons (Fsp3) is 0.0345. The topological polar surface area (TPSA) is 75.4 Å². The molecular weight excluding hydrogens is 513 g/mol. The van der Waals surface area contributed by atoms with E-state index in [4.69, 9.17) is 4.42 Å². The van der Waals surface area contributed by atoms with E-state index >= 15 is 0 Å². The van der Waals surface area contributed by atoms with Gasteiger partial charge in [0.05, 0.1) is 5.56 Å². The minimum atomic E-state index is -4.62. The number of amides is 1. The Morgan fingerprint density at radius 3 is 2.18 bits per heavy atom. The van der Waals surface area contributed by atoms with Crippen molar-refractivity contribution in [2.75, 3.05) is 5.32 Å². The van der Waals surface area contributed by atoms with E-state index in [0.717, 1.165) is 12.1 Å². The first kappa shape index (κ1) is 25.2. The summed E-state index contributed by atoms with van der Waals surface area (Å²) in [6, 6.07) is 25.2. The average molecular weight is 533 g/mol. The molecule has 5 nitrogen and oxygen atoms in total. The van der Waals surface area contributed by atoms with Gasteiger partial charge in [-0.25, -0.2) is 4.98 Å². The Bertz CT molecular complexity index is 1630. The normalized spacial score (nSPS) is 11.4. The van der Waals surface area contributed by atoms with Crippen LogP contribution in [0.5, 0.6) is 5.75 Å². The van der Waals surface area contributed by atoms with E-state index in [2.05, 4.69) is 22.9 Å². The first-order valence-corrected chi connectivity index (χ1v) is 11.8. The van der Waals surface area contributed by atoms with Crippen molar-refractivity contribution in [3.05, 3.63) is 108 Å². The fourth-order valence-electron chi connectivity index (χ4n) is 3.99. The van der Waals surface area contributed by atoms with Gasteiger partial charge < -0.3 is 9.52 Å². The fourth-order valence-corrected chi connectivity index (χ4v) is 4.25. The molecule has 0 saturated carbocycles. The Morgan fingerprint density at radius 1 is 0.842 bits per heavy atom. The van der Waals surface area contributed by atoms with Crippen LogP contribution in [0.1, 0.15) is 15.9 Å². The van der Waals surface area contributed by atoms with Crippen LogP contribution in [-0.2, 0) is 6.18 Å². The number of hydrogen-bond donors (Lipinski definition) is 3. The third-order valence-electron chi connectivity index (χ3n) is 5.82. The summed E-state index contributed by atoms with van der Waals surface area (Å²) in [6.45, 7) is 0. The van der Waals surface area contributed by atoms with Gasteiger partial charge in [-0.1, -0.05) is 60.7 Å². The number of nitrogens with one attached hydrogen (secondary N) is 1. The van der Waals surface area contributed by atoms with Crippen molar-refractivity contribution in [2.45, 2.75) is 11.1 Å². The molecular formula is C29H19F3N2O3S. The maximum absolute atomic E-state index is 13.5. The van der Waals surface area contributed by atoms with E-state index in [1.165, 1.54) is 12.1 Å². The van der Waals surface area contributed by atoms with Crippen molar-refractivity contribution in [3.63, 3.8) is 0 Å². The highest BCUT2D eigenvalue weighted by molar-refractivity contribution is 7.80. The molecule has 9 heteroatoms. The Labute approximate surface area is 221 Å². The lowest BCUT2D eigenvalue weighted by Gasteiger charge is -2.13. The number of alkyl halides is 3. The van der Waals surface area contributed by atoms with Crippen molar-refractivity contribution in [1.29, 1.82) is 0 Å². The molecule has 2 N–H and O–H groups in total. The molecule has 0 atom stereocenters. The maximum Gasteiger partial charge on any atom is 0.416 e. The summed E-state index contributed by atoms with van der Waals surface area (Å²) in [5.74, 6) is -0.854. The SMILES string of the molecule is O=C(Nc1oc(-c2ccccc2)nc1-c1ccccc1S)c1ccccc1-c1ccc(C(F)(F)F)cc1O. The van der Waals surface area contributed by atoms with Crippen LogP contribution in [0.3, 0.4) is 0 Å². The number of halogens is 3. The number of phenolic OH excluding ortho intramolecular Hbond substituents is 1. The molecule has 0 unspecified atom stereocenters. The highest BCUT2D eigenvalue weighted by Gasteiger charge is 2.31. The molecule has 1 heterocycles. The number of hydrogen-bond acceptors (Lipinski definition) is 5. The van der Waals surface area contributed by atoms with E-state index < -0.39 is 23.4 Å². The lowest BCUT2D eigenvalue weighted by atomic mass is 9.97. The number of carbonyl (C=O) groups excluding carboxylic acids is 1. The maximum atomic E-state index is 13.5. The molecule has 0 aliphatic carbocycles. The standard InChI is InChI=1S/C29H19F3N2O3S/c30-29(31,32)18-14-15-20(23(35)16-18)19-10-4-5-11-21(19)26(36)34-28-25(22-12-6-7-13-24(22)38)33-27(37-28)17-8-2-1-3-9-17/h1-16,35,38H,(H,34,36). The lowest BCUT2D eigenvalue weighted by Crippen LogP contribution is -2.13. The van der Waals surface area contributed by atoms with Crippen molar-refractivity contribution < 1.29 is 27.5 Å². The first-order valence-electron chi connectivity index (χ1n) is 11.4. The summed E-state index contributed by atoms with van der Waals surface area (Å²) < 4.78 is 45.2. The second-order valence-electron chi connectivity index (χ2n) is 8.31. The summed E-state index contributed by atoms with van der Waals surface area (Å²) in [5, 5.41) is 13.1. The van der Waals surface area contributed by atoms with Crippen molar-refractivity contribution in [2.24, 2.45) is 0 Å². The van der Waals surface area contributed by atoms with Crippen LogP contribution in [-0.4, -0.2) is 16.0 Å². The molecule has 0 aliphatic heterocycles. The number of oxazole rings is 1. The van der Waals surface area contributed by atoms with Gasteiger partial charge in [0.25, 0.3) is 5.91 Å². The van der Waals surface area contributed by atoms with E-state index in [1.807, 2.05) is 36.4 Å². The third-order valence-corrected chi connectivity index (χ3v) is 6.21. The Morgan fingerprint density at radius 2 is 1.50 bits per heavy atom. The predicted molar refractivity (Wildman–Crippen MR) is 141 cm³/mol. The minimum Gasteiger partial charge on any atom is -0.507 e. The molecule has 190 valence electrons. The second kappa shape index (κ2) is 10.1. The smallest absolute Gasteiger partial charge is 0.416 e. The van der Waals surface area contributed by atoms with Crippen LogP contribution >= 0.6 is 12.6 Å². The van der Waals surface area contributed by atoms with Gasteiger partial charge in [-0.15, -0.1) is 12.6 Å². The number of carbonyl (C=O) groups is 1. The Balaban J connectivity index is 1.55. The van der Waals surface area contributed by atoms with Crippen molar-refractivity contribution in [1.82, 2.24) is 4.98 Å². The molecule has 0 bridgehead atoms. The molecule has 5 rings (SSSR count). The molecule has 0 spiro atoms. The quantitative estimate of drug-likeness (QED) is 0.201. The van der Waals surface area contributed by atoms with Gasteiger partial charge in [0.1, 0.15) is 11.4 Å². The summed E-state index contributed by atoms with van der Waals surface area (Å²) in [5.41, 5.74) is 1.13. The van der Waals surface area contributed by atoms with Gasteiger partial charge in [-0.05, 0) is 42.0 Å². The Hall–Kier alpha value is -4.50.